The lowest BCUT2D eigenvalue weighted by molar-refractivity contribution is 0.199. The van der Waals surface area contributed by atoms with E-state index in [4.69, 9.17) is 0 Å². The van der Waals surface area contributed by atoms with Gasteiger partial charge in [-0.25, -0.2) is 0 Å². The number of fused-ring (bicyclic) bond motifs is 1. The zero-order chi connectivity index (χ0) is 13.7. The molecule has 1 aliphatic rings. The fourth-order valence-corrected chi connectivity index (χ4v) is 3.15. The van der Waals surface area contributed by atoms with E-state index in [1.54, 1.807) is 0 Å². The molecule has 1 N–H and O–H groups in total. The number of hydrogen-bond acceptors (Lipinski definition) is 2. The van der Waals surface area contributed by atoms with Crippen molar-refractivity contribution >= 4 is 22.6 Å². The standard InChI is InChI=1S/C16H22INO/c1-2-9-18(10-3-8-17)15-6-4-13-5-7-16(19)12-14(13)11-15/h3,5,7-8,12,15,19H,2,4,6,9-11H2,1H3/b8-3+/t15-/m0/s1/i17-2. The van der Waals surface area contributed by atoms with Gasteiger partial charge in [-0.1, -0.05) is 41.7 Å². The quantitative estimate of drug-likeness (QED) is 0.796. The zero-order valence-corrected chi connectivity index (χ0v) is 13.6. The number of benzene rings is 1. The van der Waals surface area contributed by atoms with E-state index in [2.05, 4.69) is 50.6 Å². The molecule has 0 radical (unpaired) electrons. The highest BCUT2D eigenvalue weighted by Crippen LogP contribution is 2.27. The van der Waals surface area contributed by atoms with E-state index in [9.17, 15) is 5.11 Å². The van der Waals surface area contributed by atoms with Crippen LogP contribution in [0.1, 0.15) is 30.9 Å². The van der Waals surface area contributed by atoms with Gasteiger partial charge in [0.25, 0.3) is 0 Å². The molecule has 0 amide bonds. The maximum absolute atomic E-state index is 9.63. The van der Waals surface area contributed by atoms with Gasteiger partial charge in [-0.3, -0.25) is 4.90 Å². The summed E-state index contributed by atoms with van der Waals surface area (Å²) in [6, 6.07) is 6.44. The summed E-state index contributed by atoms with van der Waals surface area (Å²) in [7, 11) is 0. The van der Waals surface area contributed by atoms with Crippen LogP contribution in [-0.2, 0) is 12.8 Å². The minimum absolute atomic E-state index is 0.397. The number of halogens is 1. The van der Waals surface area contributed by atoms with Crippen LogP contribution in [0.25, 0.3) is 0 Å². The summed E-state index contributed by atoms with van der Waals surface area (Å²) in [6.07, 6.45) is 6.85. The maximum atomic E-state index is 9.63. The summed E-state index contributed by atoms with van der Waals surface area (Å²) in [5.74, 6) is 0.397. The molecule has 0 spiro atoms. The Morgan fingerprint density at radius 1 is 1.42 bits per heavy atom. The lowest BCUT2D eigenvalue weighted by atomic mass is 9.87. The number of rotatable bonds is 5. The Hall–Kier alpha value is -0.550. The van der Waals surface area contributed by atoms with Crippen molar-refractivity contribution in [3.63, 3.8) is 0 Å². The van der Waals surface area contributed by atoms with Gasteiger partial charge >= 0.3 is 0 Å². The first-order valence-electron chi connectivity index (χ1n) is 7.04. The van der Waals surface area contributed by atoms with E-state index >= 15 is 0 Å². The van der Waals surface area contributed by atoms with E-state index in [-0.39, 0.29) is 0 Å². The molecular weight excluding hydrogens is 347 g/mol. The summed E-state index contributed by atoms with van der Waals surface area (Å²) in [5.41, 5.74) is 2.74. The van der Waals surface area contributed by atoms with Crippen LogP contribution in [0, 0.1) is 0 Å². The molecule has 0 aliphatic heterocycles. The molecular formula is C16H22INO. The molecule has 3 heteroatoms. The molecule has 104 valence electrons. The first kappa shape index (κ1) is 14.9. The Kier molecular flexibility index (Phi) is 5.70. The first-order chi connectivity index (χ1) is 9.24. The highest BCUT2D eigenvalue weighted by Gasteiger charge is 2.23. The number of aromatic hydroxyl groups is 1. The van der Waals surface area contributed by atoms with Crippen LogP contribution in [0.4, 0.5) is 0 Å². The lowest BCUT2D eigenvalue weighted by Gasteiger charge is -2.34. The highest BCUT2D eigenvalue weighted by atomic mass is 125. The van der Waals surface area contributed by atoms with E-state index in [1.807, 2.05) is 12.1 Å². The molecule has 19 heavy (non-hydrogen) atoms. The third-order valence-electron chi connectivity index (χ3n) is 3.85. The van der Waals surface area contributed by atoms with Crippen LogP contribution in [0.2, 0.25) is 0 Å². The number of nitrogens with zero attached hydrogens (tertiary/aromatic N) is 1. The fourth-order valence-electron chi connectivity index (χ4n) is 2.92. The third-order valence-corrected chi connectivity index (χ3v) is 4.36. The minimum atomic E-state index is 0.397. The van der Waals surface area contributed by atoms with Crippen molar-refractivity contribution in [3.8, 4) is 5.75 Å². The van der Waals surface area contributed by atoms with Crippen molar-refractivity contribution in [2.24, 2.45) is 0 Å². The molecule has 0 heterocycles. The van der Waals surface area contributed by atoms with Crippen molar-refractivity contribution in [1.29, 1.82) is 0 Å². The van der Waals surface area contributed by atoms with Gasteiger partial charge < -0.3 is 5.11 Å². The van der Waals surface area contributed by atoms with E-state index in [0.717, 1.165) is 25.9 Å². The van der Waals surface area contributed by atoms with Crippen LogP contribution < -0.4 is 0 Å². The van der Waals surface area contributed by atoms with Gasteiger partial charge in [-0.05, 0) is 59.6 Å². The Labute approximate surface area is 129 Å². The zero-order valence-electron chi connectivity index (χ0n) is 11.5. The summed E-state index contributed by atoms with van der Waals surface area (Å²) in [6.45, 7) is 4.43. The normalized spacial score (nSPS) is 19.0. The summed E-state index contributed by atoms with van der Waals surface area (Å²) in [5, 5.41) is 9.63. The molecule has 0 fully saturated rings. The topological polar surface area (TPSA) is 23.5 Å². The van der Waals surface area contributed by atoms with Crippen molar-refractivity contribution in [3.05, 3.63) is 39.5 Å². The lowest BCUT2D eigenvalue weighted by Crippen LogP contribution is -2.39. The van der Waals surface area contributed by atoms with E-state index in [0.29, 0.717) is 11.8 Å². The Morgan fingerprint density at radius 2 is 2.26 bits per heavy atom. The second-order valence-corrected chi connectivity index (χ2v) is 5.93. The van der Waals surface area contributed by atoms with Gasteiger partial charge in [-0.15, -0.1) is 0 Å². The van der Waals surface area contributed by atoms with Crippen LogP contribution in [0.15, 0.2) is 28.4 Å². The van der Waals surface area contributed by atoms with Crippen molar-refractivity contribution in [2.75, 3.05) is 13.1 Å². The second-order valence-electron chi connectivity index (χ2n) is 5.21. The van der Waals surface area contributed by atoms with Crippen molar-refractivity contribution < 1.29 is 5.11 Å². The van der Waals surface area contributed by atoms with E-state index < -0.39 is 0 Å². The maximum Gasteiger partial charge on any atom is 0.115 e. The molecule has 1 atom stereocenters. The summed E-state index contributed by atoms with van der Waals surface area (Å²) >= 11 is 2.28. The predicted molar refractivity (Wildman–Crippen MR) is 88.9 cm³/mol. The molecule has 0 saturated carbocycles. The number of hydrogen-bond donors (Lipinski definition) is 1. The third kappa shape index (κ3) is 3.96. The molecule has 1 aliphatic carbocycles. The van der Waals surface area contributed by atoms with Gasteiger partial charge in [0.2, 0.25) is 0 Å². The number of phenols is 1. The van der Waals surface area contributed by atoms with Gasteiger partial charge in [-0.2, -0.15) is 0 Å². The number of phenolic OH excluding ortho intramolecular Hbond substituents is 1. The van der Waals surface area contributed by atoms with E-state index in [1.165, 1.54) is 24.0 Å². The molecule has 2 rings (SSSR count). The summed E-state index contributed by atoms with van der Waals surface area (Å²) in [4.78, 5) is 2.57. The summed E-state index contributed by atoms with van der Waals surface area (Å²) < 4.78 is 2.10. The van der Waals surface area contributed by atoms with Gasteiger partial charge in [0.15, 0.2) is 0 Å². The fraction of sp³-hybridized carbons (Fsp3) is 0.500. The molecule has 1 aromatic carbocycles. The average molecular weight is 369 g/mol. The van der Waals surface area contributed by atoms with Crippen LogP contribution >= 0.6 is 22.6 Å². The molecule has 0 unspecified atom stereocenters. The monoisotopic (exact) mass is 369 g/mol. The first-order valence-corrected chi connectivity index (χ1v) is 8.29. The Morgan fingerprint density at radius 3 is 3.00 bits per heavy atom. The number of aryl methyl sites for hydroxylation is 1. The predicted octanol–water partition coefficient (Wildman–Crippen LogP) is 3.91. The molecule has 0 aromatic heterocycles. The largest absolute Gasteiger partial charge is 0.508 e. The average Bonchev–Trinajstić information content (AvgIpc) is 2.42. The molecule has 1 aromatic rings. The Bertz CT molecular complexity index is 444. The van der Waals surface area contributed by atoms with Crippen molar-refractivity contribution in [2.45, 2.75) is 38.6 Å². The van der Waals surface area contributed by atoms with Crippen molar-refractivity contribution in [1.82, 2.24) is 4.90 Å². The highest BCUT2D eigenvalue weighted by molar-refractivity contribution is 14.1. The SMILES string of the molecule is CCCN(C/C=C/[125I])[C@H]1CCc2ccc(O)cc2C1. The molecule has 0 bridgehead atoms. The smallest absolute Gasteiger partial charge is 0.115 e. The van der Waals surface area contributed by atoms with Gasteiger partial charge in [0.1, 0.15) is 5.75 Å². The van der Waals surface area contributed by atoms with Gasteiger partial charge in [0.05, 0.1) is 0 Å². The molecule has 2 nitrogen and oxygen atoms in total. The van der Waals surface area contributed by atoms with Gasteiger partial charge in [0, 0.05) is 12.6 Å². The second kappa shape index (κ2) is 7.29. The Balaban J connectivity index is 2.09. The molecule has 0 saturated heterocycles. The van der Waals surface area contributed by atoms with Crippen LogP contribution in [0.3, 0.4) is 0 Å². The van der Waals surface area contributed by atoms with Crippen LogP contribution in [-0.4, -0.2) is 29.1 Å². The minimum Gasteiger partial charge on any atom is -0.508 e. The van der Waals surface area contributed by atoms with Crippen LogP contribution in [0.5, 0.6) is 5.75 Å².